The van der Waals surface area contributed by atoms with Gasteiger partial charge in [-0.1, -0.05) is 154 Å². The SMILES string of the molecule is CC(=O)C=CC(C=CC=C(C)C=CC=C(C)CCC=C(C)C)=CC=CC=C(C)C=CC=C(C)C=CC=C(C)CCC=C(C)C. The number of rotatable bonds is 18. The van der Waals surface area contributed by atoms with Gasteiger partial charge in [-0.05, 0) is 107 Å². The molecule has 0 aromatic heterocycles. The summed E-state index contributed by atoms with van der Waals surface area (Å²) in [6, 6.07) is 0. The summed E-state index contributed by atoms with van der Waals surface area (Å²) >= 11 is 0. The van der Waals surface area contributed by atoms with E-state index in [9.17, 15) is 4.79 Å². The number of carbonyl (C=O) groups excluding carboxylic acids is 1. The van der Waals surface area contributed by atoms with E-state index in [0.29, 0.717) is 0 Å². The Hall–Kier alpha value is -3.97. The molecule has 0 aliphatic heterocycles. The van der Waals surface area contributed by atoms with Crippen LogP contribution in [0.15, 0.2) is 166 Å². The molecule has 0 aliphatic rings. The Morgan fingerprint density at radius 3 is 1.23 bits per heavy atom. The molecule has 44 heavy (non-hydrogen) atoms. The zero-order valence-electron chi connectivity index (χ0n) is 29.3. The number of allylic oxidation sites excluding steroid dienone is 28. The fraction of sp³-hybridized carbons (Fsp3) is 0.326. The molecule has 1 nitrogen and oxygen atoms in total. The molecule has 0 amide bonds. The fourth-order valence-corrected chi connectivity index (χ4v) is 3.66. The lowest BCUT2D eigenvalue weighted by Gasteiger charge is -1.96. The van der Waals surface area contributed by atoms with Crippen molar-refractivity contribution in [3.8, 4) is 0 Å². The van der Waals surface area contributed by atoms with E-state index >= 15 is 0 Å². The van der Waals surface area contributed by atoms with Crippen LogP contribution >= 0.6 is 0 Å². The van der Waals surface area contributed by atoms with E-state index in [4.69, 9.17) is 0 Å². The van der Waals surface area contributed by atoms with Crippen LogP contribution in [0.3, 0.4) is 0 Å². The third-order valence-corrected chi connectivity index (χ3v) is 6.30. The maximum absolute atomic E-state index is 11.5. The number of hydrogen-bond donors (Lipinski definition) is 0. The van der Waals surface area contributed by atoms with Gasteiger partial charge in [0.2, 0.25) is 0 Å². The van der Waals surface area contributed by atoms with Crippen molar-refractivity contribution in [3.05, 3.63) is 166 Å². The monoisotopic (exact) mass is 590 g/mol. The second-order valence-electron chi connectivity index (χ2n) is 11.8. The largest absolute Gasteiger partial charge is 0.295 e. The third-order valence-electron chi connectivity index (χ3n) is 6.30. The van der Waals surface area contributed by atoms with Gasteiger partial charge in [0.1, 0.15) is 0 Å². The van der Waals surface area contributed by atoms with Gasteiger partial charge in [0.15, 0.2) is 5.78 Å². The Morgan fingerprint density at radius 2 is 0.795 bits per heavy atom. The predicted molar refractivity (Wildman–Crippen MR) is 200 cm³/mol. The first-order valence-electron chi connectivity index (χ1n) is 15.8. The normalized spacial score (nSPS) is 14.9. The summed E-state index contributed by atoms with van der Waals surface area (Å²) < 4.78 is 0. The van der Waals surface area contributed by atoms with Gasteiger partial charge in [-0.25, -0.2) is 0 Å². The van der Waals surface area contributed by atoms with E-state index in [-0.39, 0.29) is 5.78 Å². The Morgan fingerprint density at radius 1 is 0.409 bits per heavy atom. The van der Waals surface area contributed by atoms with Crippen molar-refractivity contribution in [2.45, 2.75) is 94.9 Å². The van der Waals surface area contributed by atoms with Gasteiger partial charge in [0.25, 0.3) is 0 Å². The maximum Gasteiger partial charge on any atom is 0.152 e. The average molecular weight is 591 g/mol. The topological polar surface area (TPSA) is 17.1 Å². The standard InChI is InChI=1S/C43H58O/c1-35(2)19-13-22-38(6)25-16-28-40(8)27-15-24-37(5)21-11-12-31-43(34-33-42(10)44)32-18-30-41(9)29-17-26-39(7)23-14-20-36(3)4/h11-12,15-21,24-34H,13-14,22-23H2,1-10H3. The summed E-state index contributed by atoms with van der Waals surface area (Å²) in [5.74, 6) is 0.0272. The van der Waals surface area contributed by atoms with E-state index in [1.807, 2.05) is 36.5 Å². The smallest absolute Gasteiger partial charge is 0.152 e. The van der Waals surface area contributed by atoms with Gasteiger partial charge in [-0.15, -0.1) is 0 Å². The molecule has 0 aromatic carbocycles. The highest BCUT2D eigenvalue weighted by molar-refractivity contribution is 5.87. The fourth-order valence-electron chi connectivity index (χ4n) is 3.66. The molecule has 1 heteroatoms. The molecule has 0 unspecified atom stereocenters. The van der Waals surface area contributed by atoms with Crippen LogP contribution < -0.4 is 0 Å². The Bertz CT molecular complexity index is 1320. The lowest BCUT2D eigenvalue weighted by molar-refractivity contribution is -0.112. The van der Waals surface area contributed by atoms with Crippen LogP contribution in [-0.2, 0) is 4.79 Å². The molecule has 0 heterocycles. The molecule has 0 aliphatic carbocycles. The number of carbonyl (C=O) groups is 1. The lowest BCUT2D eigenvalue weighted by atomic mass is 10.1. The van der Waals surface area contributed by atoms with Crippen molar-refractivity contribution in [2.75, 3.05) is 0 Å². The van der Waals surface area contributed by atoms with E-state index < -0.39 is 0 Å². The molecule has 0 N–H and O–H groups in total. The number of hydrogen-bond acceptors (Lipinski definition) is 1. The molecule has 236 valence electrons. The summed E-state index contributed by atoms with van der Waals surface area (Å²) in [4.78, 5) is 11.5. The van der Waals surface area contributed by atoms with Crippen LogP contribution in [0, 0.1) is 0 Å². The molecule has 0 atom stereocenters. The van der Waals surface area contributed by atoms with Crippen molar-refractivity contribution in [3.63, 3.8) is 0 Å². The van der Waals surface area contributed by atoms with Crippen molar-refractivity contribution < 1.29 is 4.79 Å². The number of ketones is 1. The molecule has 0 radical (unpaired) electrons. The van der Waals surface area contributed by atoms with Crippen molar-refractivity contribution in [2.24, 2.45) is 0 Å². The summed E-state index contributed by atoms with van der Waals surface area (Å²) in [6.45, 7) is 20.8. The van der Waals surface area contributed by atoms with Crippen LogP contribution in [0.4, 0.5) is 0 Å². The molecule has 0 spiro atoms. The molecular weight excluding hydrogens is 532 g/mol. The minimum atomic E-state index is 0.0272. The molecule has 0 rings (SSSR count). The van der Waals surface area contributed by atoms with Crippen LogP contribution in [0.2, 0.25) is 0 Å². The first-order chi connectivity index (χ1) is 20.9. The van der Waals surface area contributed by atoms with Crippen molar-refractivity contribution in [1.29, 1.82) is 0 Å². The van der Waals surface area contributed by atoms with E-state index in [1.54, 1.807) is 13.0 Å². The molecule has 0 aromatic rings. The predicted octanol–water partition coefficient (Wildman–Crippen LogP) is 13.1. The summed E-state index contributed by atoms with van der Waals surface area (Å²) in [6.07, 6.45) is 45.7. The van der Waals surface area contributed by atoms with E-state index in [0.717, 1.165) is 42.4 Å². The third kappa shape index (κ3) is 26.9. The summed E-state index contributed by atoms with van der Waals surface area (Å²) in [7, 11) is 0. The summed E-state index contributed by atoms with van der Waals surface area (Å²) in [5, 5.41) is 0. The van der Waals surface area contributed by atoms with Gasteiger partial charge in [0.05, 0.1) is 0 Å². The van der Waals surface area contributed by atoms with Crippen LogP contribution in [0.25, 0.3) is 0 Å². The van der Waals surface area contributed by atoms with Gasteiger partial charge in [0, 0.05) is 0 Å². The minimum Gasteiger partial charge on any atom is -0.295 e. The highest BCUT2D eigenvalue weighted by Gasteiger charge is 1.90. The first kappa shape index (κ1) is 40.0. The van der Waals surface area contributed by atoms with E-state index in [2.05, 4.69) is 141 Å². The molecule has 0 saturated heterocycles. The molecule has 0 saturated carbocycles. The zero-order chi connectivity index (χ0) is 33.2. The van der Waals surface area contributed by atoms with Crippen LogP contribution in [0.5, 0.6) is 0 Å². The second-order valence-corrected chi connectivity index (χ2v) is 11.8. The van der Waals surface area contributed by atoms with Crippen molar-refractivity contribution >= 4 is 5.78 Å². The highest BCUT2D eigenvalue weighted by Crippen LogP contribution is 2.09. The average Bonchev–Trinajstić information content (AvgIpc) is 2.93. The molecule has 0 fully saturated rings. The Labute approximate surface area is 271 Å². The molecule has 0 bridgehead atoms. The minimum absolute atomic E-state index is 0.0272. The molecular formula is C43H58O. The highest BCUT2D eigenvalue weighted by atomic mass is 16.1. The Kier molecular flexibility index (Phi) is 23.2. The quantitative estimate of drug-likeness (QED) is 0.0881. The maximum atomic E-state index is 11.5. The first-order valence-corrected chi connectivity index (χ1v) is 15.8. The van der Waals surface area contributed by atoms with Gasteiger partial charge >= 0.3 is 0 Å². The summed E-state index contributed by atoms with van der Waals surface area (Å²) in [5.41, 5.74) is 9.97. The van der Waals surface area contributed by atoms with E-state index in [1.165, 1.54) is 27.9 Å². The van der Waals surface area contributed by atoms with Crippen LogP contribution in [0.1, 0.15) is 94.9 Å². The van der Waals surface area contributed by atoms with Gasteiger partial charge in [-0.3, -0.25) is 4.79 Å². The zero-order valence-corrected chi connectivity index (χ0v) is 29.3. The van der Waals surface area contributed by atoms with Crippen molar-refractivity contribution in [1.82, 2.24) is 0 Å². The Balaban J connectivity index is 5.22. The lowest BCUT2D eigenvalue weighted by Crippen LogP contribution is -1.81. The van der Waals surface area contributed by atoms with Crippen LogP contribution in [-0.4, -0.2) is 5.78 Å². The van der Waals surface area contributed by atoms with Gasteiger partial charge in [-0.2, -0.15) is 0 Å². The second kappa shape index (κ2) is 25.5. The van der Waals surface area contributed by atoms with Gasteiger partial charge < -0.3 is 0 Å².